The van der Waals surface area contributed by atoms with Gasteiger partial charge in [-0.3, -0.25) is 0 Å². The van der Waals surface area contributed by atoms with Crippen LogP contribution in [0.5, 0.6) is 5.75 Å². The molecule has 98 valence electrons. The van der Waals surface area contributed by atoms with Crippen molar-refractivity contribution in [1.29, 1.82) is 0 Å². The smallest absolute Gasteiger partial charge is 0.174 e. The number of hydrogen-bond donors (Lipinski definition) is 1. The van der Waals surface area contributed by atoms with Crippen molar-refractivity contribution in [3.05, 3.63) is 23.2 Å². The highest BCUT2D eigenvalue weighted by Crippen LogP contribution is 2.37. The fourth-order valence-electron chi connectivity index (χ4n) is 2.82. The lowest BCUT2D eigenvalue weighted by Gasteiger charge is -2.37. The molecule has 18 heavy (non-hydrogen) atoms. The molecular weight excluding hydrogens is 248 g/mol. The molecule has 1 N–H and O–H groups in total. The summed E-state index contributed by atoms with van der Waals surface area (Å²) in [4.78, 5) is 2.41. The highest BCUT2D eigenvalue weighted by Gasteiger charge is 2.34. The van der Waals surface area contributed by atoms with E-state index in [4.69, 9.17) is 16.3 Å². The number of halogens is 1. The molecule has 3 nitrogen and oxygen atoms in total. The summed E-state index contributed by atoms with van der Waals surface area (Å²) in [6.07, 6.45) is 2.54. The van der Waals surface area contributed by atoms with E-state index in [-0.39, 0.29) is 6.23 Å². The minimum atomic E-state index is 0.0911. The zero-order valence-electron chi connectivity index (χ0n) is 10.8. The lowest BCUT2D eigenvalue weighted by atomic mass is 9.92. The molecule has 1 saturated heterocycles. The predicted octanol–water partition coefficient (Wildman–Crippen LogP) is 3.20. The number of fused-ring (bicyclic) bond motifs is 1. The zero-order chi connectivity index (χ0) is 12.7. The van der Waals surface area contributed by atoms with Gasteiger partial charge >= 0.3 is 0 Å². The van der Waals surface area contributed by atoms with E-state index in [1.54, 1.807) is 0 Å². The molecule has 0 spiro atoms. The maximum absolute atomic E-state index is 6.00. The van der Waals surface area contributed by atoms with Crippen molar-refractivity contribution in [1.82, 2.24) is 4.90 Å². The lowest BCUT2D eigenvalue weighted by Crippen LogP contribution is -2.45. The van der Waals surface area contributed by atoms with Gasteiger partial charge in [-0.25, -0.2) is 0 Å². The highest BCUT2D eigenvalue weighted by atomic mass is 35.5. The Hall–Kier alpha value is -0.930. The van der Waals surface area contributed by atoms with Crippen molar-refractivity contribution in [2.45, 2.75) is 32.0 Å². The summed E-state index contributed by atoms with van der Waals surface area (Å²) in [5.74, 6) is 1.46. The Labute approximate surface area is 113 Å². The maximum Gasteiger partial charge on any atom is 0.174 e. The van der Waals surface area contributed by atoms with E-state index in [9.17, 15) is 0 Å². The van der Waals surface area contributed by atoms with Gasteiger partial charge in [0.1, 0.15) is 5.75 Å². The van der Waals surface area contributed by atoms with Gasteiger partial charge in [-0.15, -0.1) is 0 Å². The van der Waals surface area contributed by atoms with Crippen molar-refractivity contribution in [3.63, 3.8) is 0 Å². The average Bonchev–Trinajstić information content (AvgIpc) is 2.75. The molecule has 0 saturated carbocycles. The summed E-state index contributed by atoms with van der Waals surface area (Å²) in [6.45, 7) is 3.37. The standard InChI is InChI=1S/C14H19ClN2O/c1-9-3-4-10(8-17(9)2)14-16-12-7-11(15)5-6-13(12)18-14/h5-7,9-10,14,16H,3-4,8H2,1-2H3/t9-,10?,14?/m1/s1. The van der Waals surface area contributed by atoms with Crippen molar-refractivity contribution in [2.75, 3.05) is 18.9 Å². The van der Waals surface area contributed by atoms with Crippen LogP contribution in [-0.4, -0.2) is 30.8 Å². The number of nitrogens with one attached hydrogen (secondary N) is 1. The summed E-state index contributed by atoms with van der Waals surface area (Å²) in [5, 5.41) is 4.20. The molecule has 3 rings (SSSR count). The first kappa shape index (κ1) is 12.1. The van der Waals surface area contributed by atoms with Crippen LogP contribution in [-0.2, 0) is 0 Å². The van der Waals surface area contributed by atoms with Crippen molar-refractivity contribution >= 4 is 17.3 Å². The van der Waals surface area contributed by atoms with Gasteiger partial charge in [-0.05, 0) is 45.0 Å². The Balaban J connectivity index is 1.70. The monoisotopic (exact) mass is 266 g/mol. The van der Waals surface area contributed by atoms with Crippen LogP contribution in [0.3, 0.4) is 0 Å². The van der Waals surface area contributed by atoms with Crippen LogP contribution >= 0.6 is 11.6 Å². The van der Waals surface area contributed by atoms with Crippen LogP contribution in [0.1, 0.15) is 19.8 Å². The van der Waals surface area contributed by atoms with Crippen LogP contribution in [0.4, 0.5) is 5.69 Å². The normalized spacial score (nSPS) is 31.6. The molecular formula is C14H19ClN2O. The van der Waals surface area contributed by atoms with E-state index < -0.39 is 0 Å². The number of piperidine rings is 1. The quantitative estimate of drug-likeness (QED) is 0.845. The Morgan fingerprint density at radius 1 is 1.39 bits per heavy atom. The van der Waals surface area contributed by atoms with Gasteiger partial charge < -0.3 is 15.0 Å². The van der Waals surface area contributed by atoms with Gasteiger partial charge in [-0.2, -0.15) is 0 Å². The van der Waals surface area contributed by atoms with Gasteiger partial charge in [-0.1, -0.05) is 11.6 Å². The number of nitrogens with zero attached hydrogens (tertiary/aromatic N) is 1. The number of likely N-dealkylation sites (tertiary alicyclic amines) is 1. The van der Waals surface area contributed by atoms with E-state index >= 15 is 0 Å². The highest BCUT2D eigenvalue weighted by molar-refractivity contribution is 6.30. The fraction of sp³-hybridized carbons (Fsp3) is 0.571. The maximum atomic E-state index is 6.00. The second-order valence-corrected chi connectivity index (χ2v) is 5.89. The van der Waals surface area contributed by atoms with Gasteiger partial charge in [0.05, 0.1) is 5.69 Å². The van der Waals surface area contributed by atoms with E-state index in [1.807, 2.05) is 18.2 Å². The number of benzene rings is 1. The summed E-state index contributed by atoms with van der Waals surface area (Å²) in [5.41, 5.74) is 1.02. The topological polar surface area (TPSA) is 24.5 Å². The Bertz CT molecular complexity index is 451. The predicted molar refractivity (Wildman–Crippen MR) is 74.3 cm³/mol. The SMILES string of the molecule is C[C@@H]1CCC(C2Nc3cc(Cl)ccc3O2)CN1C. The molecule has 0 radical (unpaired) electrons. The molecule has 1 aromatic rings. The van der Waals surface area contributed by atoms with Gasteiger partial charge in [0, 0.05) is 23.5 Å². The summed E-state index contributed by atoms with van der Waals surface area (Å²) >= 11 is 6.00. The molecule has 0 aromatic heterocycles. The Kier molecular flexibility index (Phi) is 3.12. The molecule has 2 aliphatic rings. The van der Waals surface area contributed by atoms with Gasteiger partial charge in [0.15, 0.2) is 6.23 Å². The van der Waals surface area contributed by atoms with E-state index in [1.165, 1.54) is 12.8 Å². The molecule has 2 aliphatic heterocycles. The first-order valence-corrected chi connectivity index (χ1v) is 6.94. The number of anilines is 1. The third-order valence-corrected chi connectivity index (χ3v) is 4.39. The third kappa shape index (κ3) is 2.17. The van der Waals surface area contributed by atoms with Crippen LogP contribution in [0.25, 0.3) is 0 Å². The summed E-state index contributed by atoms with van der Waals surface area (Å²) in [6, 6.07) is 6.44. The number of rotatable bonds is 1. The molecule has 3 atom stereocenters. The largest absolute Gasteiger partial charge is 0.468 e. The zero-order valence-corrected chi connectivity index (χ0v) is 11.6. The van der Waals surface area contributed by atoms with Gasteiger partial charge in [0.2, 0.25) is 0 Å². The summed E-state index contributed by atoms with van der Waals surface area (Å²) < 4.78 is 5.99. The Morgan fingerprint density at radius 3 is 3.00 bits per heavy atom. The Morgan fingerprint density at radius 2 is 2.22 bits per heavy atom. The van der Waals surface area contributed by atoms with Crippen LogP contribution in [0, 0.1) is 5.92 Å². The van der Waals surface area contributed by atoms with E-state index in [0.29, 0.717) is 12.0 Å². The molecule has 1 aromatic carbocycles. The molecule has 2 heterocycles. The molecule has 1 fully saturated rings. The fourth-order valence-corrected chi connectivity index (χ4v) is 2.99. The number of hydrogen-bond acceptors (Lipinski definition) is 3. The minimum Gasteiger partial charge on any atom is -0.468 e. The van der Waals surface area contributed by atoms with E-state index in [2.05, 4.69) is 24.2 Å². The van der Waals surface area contributed by atoms with Crippen LogP contribution < -0.4 is 10.1 Å². The van der Waals surface area contributed by atoms with E-state index in [0.717, 1.165) is 23.0 Å². The third-order valence-electron chi connectivity index (χ3n) is 4.15. The molecule has 2 unspecified atom stereocenters. The average molecular weight is 267 g/mol. The molecule has 0 bridgehead atoms. The van der Waals surface area contributed by atoms with Crippen molar-refractivity contribution in [2.24, 2.45) is 5.92 Å². The minimum absolute atomic E-state index is 0.0911. The molecule has 0 amide bonds. The first-order chi connectivity index (χ1) is 8.63. The van der Waals surface area contributed by atoms with Gasteiger partial charge in [0.25, 0.3) is 0 Å². The summed E-state index contributed by atoms with van der Waals surface area (Å²) in [7, 11) is 2.19. The molecule has 4 heteroatoms. The second kappa shape index (κ2) is 4.63. The number of ether oxygens (including phenoxy) is 1. The first-order valence-electron chi connectivity index (χ1n) is 6.56. The van der Waals surface area contributed by atoms with Crippen molar-refractivity contribution in [3.8, 4) is 5.75 Å². The van der Waals surface area contributed by atoms with Crippen LogP contribution in [0.2, 0.25) is 5.02 Å². The lowest BCUT2D eigenvalue weighted by molar-refractivity contribution is 0.0789. The second-order valence-electron chi connectivity index (χ2n) is 5.45. The molecule has 0 aliphatic carbocycles. The van der Waals surface area contributed by atoms with Crippen molar-refractivity contribution < 1.29 is 4.74 Å². The van der Waals surface area contributed by atoms with Crippen LogP contribution in [0.15, 0.2) is 18.2 Å².